The Balaban J connectivity index is 2.07. The third kappa shape index (κ3) is 4.80. The van der Waals surface area contributed by atoms with Gasteiger partial charge in [0.15, 0.2) is 10.8 Å². The number of rotatable bonds is 6. The maximum Gasteiger partial charge on any atom is 0.263 e. The van der Waals surface area contributed by atoms with Gasteiger partial charge in [-0.1, -0.05) is 13.8 Å². The van der Waals surface area contributed by atoms with Crippen LogP contribution in [0.4, 0.5) is 0 Å². The summed E-state index contributed by atoms with van der Waals surface area (Å²) >= 11 is 1.33. The Kier molecular flexibility index (Phi) is 5.43. The fourth-order valence-corrected chi connectivity index (χ4v) is 3.35. The minimum absolute atomic E-state index is 0.00310. The molecule has 0 radical (unpaired) electrons. The Bertz CT molecular complexity index is 666. The SMILES string of the molecule is Cc1nc(-c2ncccn2)sc1C(=O)NCC(C)(C)CN(C)C. The molecule has 2 heterocycles. The highest BCUT2D eigenvalue weighted by atomic mass is 32.1. The minimum atomic E-state index is -0.0889. The normalized spacial score (nSPS) is 11.7. The summed E-state index contributed by atoms with van der Waals surface area (Å²) < 4.78 is 0. The van der Waals surface area contributed by atoms with E-state index in [2.05, 4.69) is 39.0 Å². The number of carbonyl (C=O) groups excluding carboxylic acids is 1. The lowest BCUT2D eigenvalue weighted by molar-refractivity contribution is 0.0932. The van der Waals surface area contributed by atoms with Gasteiger partial charge in [-0.3, -0.25) is 4.79 Å². The van der Waals surface area contributed by atoms with E-state index < -0.39 is 0 Å². The van der Waals surface area contributed by atoms with Crippen LogP contribution in [-0.4, -0.2) is 52.9 Å². The van der Waals surface area contributed by atoms with Gasteiger partial charge in [0.2, 0.25) is 0 Å². The Labute approximate surface area is 141 Å². The Hall–Kier alpha value is -1.86. The van der Waals surface area contributed by atoms with Gasteiger partial charge in [-0.15, -0.1) is 11.3 Å². The quantitative estimate of drug-likeness (QED) is 0.878. The lowest BCUT2D eigenvalue weighted by Gasteiger charge is -2.28. The van der Waals surface area contributed by atoms with E-state index >= 15 is 0 Å². The number of hydrogen-bond acceptors (Lipinski definition) is 6. The molecule has 124 valence electrons. The van der Waals surface area contributed by atoms with Crippen LogP contribution in [0.2, 0.25) is 0 Å². The fourth-order valence-electron chi connectivity index (χ4n) is 2.42. The number of hydrogen-bond donors (Lipinski definition) is 1. The Morgan fingerprint density at radius 2 is 1.96 bits per heavy atom. The van der Waals surface area contributed by atoms with Crippen LogP contribution in [0.25, 0.3) is 10.8 Å². The second-order valence-electron chi connectivity index (χ2n) is 6.59. The summed E-state index contributed by atoms with van der Waals surface area (Å²) in [6, 6.07) is 1.75. The van der Waals surface area contributed by atoms with Crippen LogP contribution >= 0.6 is 11.3 Å². The molecule has 0 aromatic carbocycles. The van der Waals surface area contributed by atoms with E-state index in [0.717, 1.165) is 6.54 Å². The highest BCUT2D eigenvalue weighted by Gasteiger charge is 2.22. The smallest absolute Gasteiger partial charge is 0.263 e. The molecule has 0 spiro atoms. The molecule has 0 bridgehead atoms. The number of thiazole rings is 1. The maximum absolute atomic E-state index is 12.4. The number of aromatic nitrogens is 3. The zero-order chi connectivity index (χ0) is 17.0. The van der Waals surface area contributed by atoms with E-state index in [4.69, 9.17) is 0 Å². The summed E-state index contributed by atoms with van der Waals surface area (Å²) in [5.74, 6) is 0.460. The molecule has 0 unspecified atom stereocenters. The summed E-state index contributed by atoms with van der Waals surface area (Å²) in [4.78, 5) is 28.0. The van der Waals surface area contributed by atoms with Crippen LogP contribution in [0, 0.1) is 12.3 Å². The van der Waals surface area contributed by atoms with E-state index in [0.29, 0.717) is 27.9 Å². The third-order valence-corrected chi connectivity index (χ3v) is 4.38. The molecule has 0 saturated carbocycles. The van der Waals surface area contributed by atoms with E-state index in [1.807, 2.05) is 21.0 Å². The molecule has 0 aliphatic heterocycles. The van der Waals surface area contributed by atoms with E-state index in [9.17, 15) is 4.79 Å². The molecule has 7 heteroatoms. The number of aryl methyl sites for hydroxylation is 1. The van der Waals surface area contributed by atoms with Crippen molar-refractivity contribution < 1.29 is 4.79 Å². The molecular weight excluding hydrogens is 310 g/mol. The molecular formula is C16H23N5OS. The summed E-state index contributed by atoms with van der Waals surface area (Å²) in [6.07, 6.45) is 3.34. The van der Waals surface area contributed by atoms with Gasteiger partial charge in [-0.2, -0.15) is 0 Å². The fraction of sp³-hybridized carbons (Fsp3) is 0.500. The maximum atomic E-state index is 12.4. The predicted octanol–water partition coefficient (Wildman–Crippen LogP) is 2.23. The van der Waals surface area contributed by atoms with Gasteiger partial charge in [0, 0.05) is 25.5 Å². The molecule has 1 amide bonds. The minimum Gasteiger partial charge on any atom is -0.351 e. The van der Waals surface area contributed by atoms with Gasteiger partial charge in [-0.25, -0.2) is 15.0 Å². The molecule has 2 rings (SSSR count). The highest BCUT2D eigenvalue weighted by Crippen LogP contribution is 2.25. The molecule has 0 fully saturated rings. The van der Waals surface area contributed by atoms with Crippen LogP contribution in [0.1, 0.15) is 29.2 Å². The first-order valence-corrected chi connectivity index (χ1v) is 8.28. The van der Waals surface area contributed by atoms with Gasteiger partial charge in [0.05, 0.1) is 5.69 Å². The van der Waals surface area contributed by atoms with Crippen molar-refractivity contribution in [2.45, 2.75) is 20.8 Å². The van der Waals surface area contributed by atoms with Crippen molar-refractivity contribution in [1.29, 1.82) is 0 Å². The Morgan fingerprint density at radius 3 is 2.57 bits per heavy atom. The van der Waals surface area contributed by atoms with Crippen molar-refractivity contribution in [3.8, 4) is 10.8 Å². The van der Waals surface area contributed by atoms with Gasteiger partial charge >= 0.3 is 0 Å². The monoisotopic (exact) mass is 333 g/mol. The lowest BCUT2D eigenvalue weighted by atomic mass is 9.93. The van der Waals surface area contributed by atoms with Gasteiger partial charge in [0.25, 0.3) is 5.91 Å². The van der Waals surface area contributed by atoms with Gasteiger partial charge in [-0.05, 0) is 32.5 Å². The first-order valence-electron chi connectivity index (χ1n) is 7.46. The molecule has 0 aliphatic rings. The van der Waals surface area contributed by atoms with Gasteiger partial charge in [0.1, 0.15) is 4.88 Å². The van der Waals surface area contributed by atoms with Crippen LogP contribution in [0.5, 0.6) is 0 Å². The van der Waals surface area contributed by atoms with Crippen molar-refractivity contribution in [1.82, 2.24) is 25.2 Å². The molecule has 0 saturated heterocycles. The van der Waals surface area contributed by atoms with E-state index in [1.165, 1.54) is 11.3 Å². The van der Waals surface area contributed by atoms with Crippen molar-refractivity contribution in [3.63, 3.8) is 0 Å². The summed E-state index contributed by atoms with van der Waals surface area (Å²) in [5.41, 5.74) is 0.712. The molecule has 6 nitrogen and oxygen atoms in total. The standard InChI is InChI=1S/C16H23N5OS/c1-11-12(14(22)19-9-16(2,3)10-21(4)5)23-15(20-11)13-17-7-6-8-18-13/h6-8H,9-10H2,1-5H3,(H,19,22). The first kappa shape index (κ1) is 17.5. The van der Waals surface area contributed by atoms with Crippen molar-refractivity contribution in [2.24, 2.45) is 5.41 Å². The molecule has 1 N–H and O–H groups in total. The molecule has 2 aromatic rings. The van der Waals surface area contributed by atoms with Crippen LogP contribution in [0.3, 0.4) is 0 Å². The highest BCUT2D eigenvalue weighted by molar-refractivity contribution is 7.17. The van der Waals surface area contributed by atoms with Crippen molar-refractivity contribution in [3.05, 3.63) is 29.0 Å². The number of amides is 1. The largest absolute Gasteiger partial charge is 0.351 e. The molecule has 23 heavy (non-hydrogen) atoms. The summed E-state index contributed by atoms with van der Waals surface area (Å²) in [6.45, 7) is 7.62. The van der Waals surface area contributed by atoms with Gasteiger partial charge < -0.3 is 10.2 Å². The average molecular weight is 333 g/mol. The van der Waals surface area contributed by atoms with Crippen LogP contribution in [0.15, 0.2) is 18.5 Å². The number of nitrogens with zero attached hydrogens (tertiary/aromatic N) is 4. The second kappa shape index (κ2) is 7.14. The molecule has 2 aromatic heterocycles. The summed E-state index contributed by atoms with van der Waals surface area (Å²) in [7, 11) is 4.06. The molecule has 0 aliphatic carbocycles. The third-order valence-electron chi connectivity index (χ3n) is 3.23. The zero-order valence-electron chi connectivity index (χ0n) is 14.3. The van der Waals surface area contributed by atoms with Crippen molar-refractivity contribution >= 4 is 17.2 Å². The van der Waals surface area contributed by atoms with Crippen LogP contribution in [-0.2, 0) is 0 Å². The second-order valence-corrected chi connectivity index (χ2v) is 7.59. The summed E-state index contributed by atoms with van der Waals surface area (Å²) in [5, 5.41) is 3.68. The number of nitrogens with one attached hydrogen (secondary N) is 1. The van der Waals surface area contributed by atoms with Crippen molar-refractivity contribution in [2.75, 3.05) is 27.2 Å². The van der Waals surface area contributed by atoms with Crippen LogP contribution < -0.4 is 5.32 Å². The topological polar surface area (TPSA) is 71.0 Å². The molecule has 0 atom stereocenters. The van der Waals surface area contributed by atoms with E-state index in [-0.39, 0.29) is 11.3 Å². The Morgan fingerprint density at radius 1 is 1.30 bits per heavy atom. The zero-order valence-corrected chi connectivity index (χ0v) is 15.1. The average Bonchev–Trinajstić information content (AvgIpc) is 2.87. The number of carbonyl (C=O) groups is 1. The predicted molar refractivity (Wildman–Crippen MR) is 92.5 cm³/mol. The van der Waals surface area contributed by atoms with E-state index in [1.54, 1.807) is 18.5 Å². The first-order chi connectivity index (χ1) is 10.8. The lowest BCUT2D eigenvalue weighted by Crippen LogP contribution is -2.39.